The van der Waals surface area contributed by atoms with Crippen LogP contribution in [0.4, 0.5) is 0 Å². The third-order valence-electron chi connectivity index (χ3n) is 2.29. The van der Waals surface area contributed by atoms with E-state index in [1.807, 2.05) is 30.3 Å². The average Bonchev–Trinajstić information content (AvgIpc) is 2.26. The smallest absolute Gasteiger partial charge is 0.157 e. The summed E-state index contributed by atoms with van der Waals surface area (Å²) in [6.07, 6.45) is 1.22. The monoisotopic (exact) mass is 238 g/mol. The van der Waals surface area contributed by atoms with Crippen molar-refractivity contribution in [2.24, 2.45) is 5.73 Å². The number of hydrogen-bond donors (Lipinski definition) is 2. The van der Waals surface area contributed by atoms with Crippen LogP contribution in [0.15, 0.2) is 24.3 Å². The Bertz CT molecular complexity index is 415. The third-order valence-corrected chi connectivity index (χ3v) is 2.85. The van der Waals surface area contributed by atoms with Crippen molar-refractivity contribution < 1.29 is 8.76 Å². The number of hydrogen-bond acceptors (Lipinski definition) is 3. The summed E-state index contributed by atoms with van der Waals surface area (Å²) in [6.45, 7) is 0. The molecule has 0 aliphatic heterocycles. The predicted molar refractivity (Wildman–Crippen MR) is 62.8 cm³/mol. The number of nitriles is 1. The van der Waals surface area contributed by atoms with Crippen LogP contribution in [0.1, 0.15) is 17.5 Å². The molecule has 86 valence electrons. The second-order valence-electron chi connectivity index (χ2n) is 3.51. The van der Waals surface area contributed by atoms with Gasteiger partial charge in [0.05, 0.1) is 17.9 Å². The van der Waals surface area contributed by atoms with Crippen LogP contribution in [0.3, 0.4) is 0 Å². The number of benzene rings is 1. The first-order valence-electron chi connectivity index (χ1n) is 4.93. The lowest BCUT2D eigenvalue weighted by molar-refractivity contribution is 0.563. The van der Waals surface area contributed by atoms with E-state index in [-0.39, 0.29) is 5.75 Å². The van der Waals surface area contributed by atoms with E-state index in [2.05, 4.69) is 0 Å². The highest BCUT2D eigenvalue weighted by atomic mass is 32.2. The average molecular weight is 238 g/mol. The van der Waals surface area contributed by atoms with Crippen molar-refractivity contribution in [2.45, 2.75) is 24.6 Å². The van der Waals surface area contributed by atoms with E-state index in [0.717, 1.165) is 11.1 Å². The van der Waals surface area contributed by atoms with Crippen molar-refractivity contribution in [2.75, 3.05) is 0 Å². The first kappa shape index (κ1) is 12.8. The third kappa shape index (κ3) is 4.11. The largest absolute Gasteiger partial charge is 0.316 e. The van der Waals surface area contributed by atoms with Gasteiger partial charge in [0.2, 0.25) is 0 Å². The first-order chi connectivity index (χ1) is 7.63. The van der Waals surface area contributed by atoms with Gasteiger partial charge in [-0.2, -0.15) is 5.26 Å². The predicted octanol–water partition coefficient (Wildman–Crippen LogP) is 1.19. The van der Waals surface area contributed by atoms with E-state index in [1.54, 1.807) is 0 Å². The molecule has 0 fully saturated rings. The Balaban J connectivity index is 2.71. The fourth-order valence-electron chi connectivity index (χ4n) is 1.45. The van der Waals surface area contributed by atoms with E-state index in [4.69, 9.17) is 15.5 Å². The molecule has 3 N–H and O–H groups in total. The van der Waals surface area contributed by atoms with E-state index < -0.39 is 17.1 Å². The molecule has 0 amide bonds. The zero-order valence-electron chi connectivity index (χ0n) is 8.80. The lowest BCUT2D eigenvalue weighted by Gasteiger charge is -2.08. The van der Waals surface area contributed by atoms with Gasteiger partial charge in [0.15, 0.2) is 11.1 Å². The second kappa shape index (κ2) is 6.38. The molecule has 16 heavy (non-hydrogen) atoms. The van der Waals surface area contributed by atoms with Gasteiger partial charge >= 0.3 is 0 Å². The van der Waals surface area contributed by atoms with Gasteiger partial charge in [-0.05, 0) is 24.0 Å². The fraction of sp³-hybridized carbons (Fsp3) is 0.364. The van der Waals surface area contributed by atoms with E-state index >= 15 is 0 Å². The molecule has 0 saturated heterocycles. The summed E-state index contributed by atoms with van der Waals surface area (Å²) in [4.78, 5) is 0. The maximum atomic E-state index is 10.7. The van der Waals surface area contributed by atoms with Crippen molar-refractivity contribution >= 4 is 11.1 Å². The molecule has 1 aromatic rings. The Morgan fingerprint density at radius 3 is 2.62 bits per heavy atom. The van der Waals surface area contributed by atoms with Crippen LogP contribution in [0.5, 0.6) is 0 Å². The van der Waals surface area contributed by atoms with E-state index in [9.17, 15) is 4.21 Å². The molecule has 0 spiro atoms. The van der Waals surface area contributed by atoms with Crippen LogP contribution in [-0.4, -0.2) is 14.8 Å². The van der Waals surface area contributed by atoms with Crippen LogP contribution < -0.4 is 5.73 Å². The molecule has 0 aliphatic rings. The summed E-state index contributed by atoms with van der Waals surface area (Å²) in [6, 6.07) is 8.90. The highest BCUT2D eigenvalue weighted by Gasteiger charge is 2.06. The first-order valence-corrected chi connectivity index (χ1v) is 6.20. The van der Waals surface area contributed by atoms with Gasteiger partial charge in [-0.25, -0.2) is 4.21 Å². The van der Waals surface area contributed by atoms with Crippen LogP contribution >= 0.6 is 0 Å². The Hall–Kier alpha value is -1.22. The number of nitrogens with zero attached hydrogens (tertiary/aromatic N) is 1. The molecule has 0 saturated carbocycles. The fourth-order valence-corrected chi connectivity index (χ4v) is 2.00. The molecule has 0 radical (unpaired) electrons. The maximum absolute atomic E-state index is 10.7. The van der Waals surface area contributed by atoms with Crippen LogP contribution in [-0.2, 0) is 23.3 Å². The summed E-state index contributed by atoms with van der Waals surface area (Å²) in [5.74, 6) is 0.123. The molecule has 2 atom stereocenters. The van der Waals surface area contributed by atoms with Crippen LogP contribution in [0.2, 0.25) is 0 Å². The normalized spacial score (nSPS) is 14.1. The van der Waals surface area contributed by atoms with Gasteiger partial charge in [0.1, 0.15) is 0 Å². The van der Waals surface area contributed by atoms with Gasteiger partial charge in [0.25, 0.3) is 0 Å². The molecule has 1 rings (SSSR count). The van der Waals surface area contributed by atoms with Crippen molar-refractivity contribution in [1.29, 1.82) is 5.26 Å². The minimum atomic E-state index is -1.84. The highest BCUT2D eigenvalue weighted by Crippen LogP contribution is 2.13. The second-order valence-corrected chi connectivity index (χ2v) is 4.44. The molecule has 4 nitrogen and oxygen atoms in total. The molecule has 5 heteroatoms. The zero-order chi connectivity index (χ0) is 12.0. The summed E-state index contributed by atoms with van der Waals surface area (Å²) in [5.41, 5.74) is 7.32. The SMILES string of the molecule is N#CC(N)CCc1ccccc1CS(=O)O. The molecule has 0 bridgehead atoms. The van der Waals surface area contributed by atoms with E-state index in [1.165, 1.54) is 0 Å². The van der Waals surface area contributed by atoms with Crippen LogP contribution in [0, 0.1) is 11.3 Å². The Morgan fingerprint density at radius 2 is 2.06 bits per heavy atom. The van der Waals surface area contributed by atoms with Crippen molar-refractivity contribution in [3.8, 4) is 6.07 Å². The Labute approximate surface area is 97.4 Å². The van der Waals surface area contributed by atoms with Crippen molar-refractivity contribution in [3.63, 3.8) is 0 Å². The van der Waals surface area contributed by atoms with Crippen molar-refractivity contribution in [1.82, 2.24) is 0 Å². The number of aryl methyl sites for hydroxylation is 1. The maximum Gasteiger partial charge on any atom is 0.157 e. The molecular weight excluding hydrogens is 224 g/mol. The quantitative estimate of drug-likeness (QED) is 0.754. The summed E-state index contributed by atoms with van der Waals surface area (Å²) >= 11 is -1.84. The molecule has 0 aromatic heterocycles. The van der Waals surface area contributed by atoms with Gasteiger partial charge in [-0.3, -0.25) is 0 Å². The van der Waals surface area contributed by atoms with Gasteiger partial charge in [0, 0.05) is 0 Å². The zero-order valence-corrected chi connectivity index (χ0v) is 9.61. The molecule has 1 aromatic carbocycles. The highest BCUT2D eigenvalue weighted by molar-refractivity contribution is 7.78. The summed E-state index contributed by atoms with van der Waals surface area (Å²) < 4.78 is 19.6. The standard InChI is InChI=1S/C11H14N2O2S/c12-7-11(13)6-5-9-3-1-2-4-10(9)8-16(14)15/h1-4,11H,5-6,8,13H2,(H,14,15). The van der Waals surface area contributed by atoms with E-state index in [0.29, 0.717) is 12.8 Å². The molecule has 0 aliphatic carbocycles. The van der Waals surface area contributed by atoms with Gasteiger partial charge < -0.3 is 10.3 Å². The molecular formula is C11H14N2O2S. The van der Waals surface area contributed by atoms with Gasteiger partial charge in [-0.1, -0.05) is 24.3 Å². The number of rotatable bonds is 5. The Morgan fingerprint density at radius 1 is 1.44 bits per heavy atom. The summed E-state index contributed by atoms with van der Waals surface area (Å²) in [5, 5.41) is 8.56. The van der Waals surface area contributed by atoms with Crippen LogP contribution in [0.25, 0.3) is 0 Å². The Kier molecular flexibility index (Phi) is 5.12. The minimum absolute atomic E-state index is 0.123. The van der Waals surface area contributed by atoms with Crippen molar-refractivity contribution in [3.05, 3.63) is 35.4 Å². The summed E-state index contributed by atoms with van der Waals surface area (Å²) in [7, 11) is 0. The lowest BCUT2D eigenvalue weighted by Crippen LogP contribution is -2.18. The molecule has 2 unspecified atom stereocenters. The number of nitrogens with two attached hydrogens (primary N) is 1. The minimum Gasteiger partial charge on any atom is -0.316 e. The van der Waals surface area contributed by atoms with Gasteiger partial charge in [-0.15, -0.1) is 0 Å². The lowest BCUT2D eigenvalue weighted by atomic mass is 10.0. The topological polar surface area (TPSA) is 87.1 Å². The molecule has 0 heterocycles.